The summed E-state index contributed by atoms with van der Waals surface area (Å²) in [5.41, 5.74) is 3.19. The van der Waals surface area contributed by atoms with Crippen LogP contribution in [0.1, 0.15) is 55.1 Å². The number of aromatic nitrogens is 4. The van der Waals surface area contributed by atoms with E-state index in [1.807, 2.05) is 0 Å². The minimum Gasteiger partial charge on any atom is -0.378 e. The van der Waals surface area contributed by atoms with Crippen molar-refractivity contribution in [1.29, 1.82) is 0 Å². The number of ether oxygens (including phenoxy) is 1. The maximum atomic E-state index is 13.5. The van der Waals surface area contributed by atoms with Gasteiger partial charge in [-0.3, -0.25) is 24.6 Å². The van der Waals surface area contributed by atoms with E-state index >= 15 is 0 Å². The number of aromatic amines is 1. The van der Waals surface area contributed by atoms with E-state index in [4.69, 9.17) is 9.72 Å². The maximum Gasteiger partial charge on any atom is 0.313 e. The van der Waals surface area contributed by atoms with E-state index in [0.717, 1.165) is 63.1 Å². The Bertz CT molecular complexity index is 1560. The van der Waals surface area contributed by atoms with Crippen LogP contribution in [0.25, 0.3) is 21.1 Å². The molecule has 0 saturated carbocycles. The highest BCUT2D eigenvalue weighted by Crippen LogP contribution is 2.38. The third-order valence-corrected chi connectivity index (χ3v) is 9.91. The van der Waals surface area contributed by atoms with Gasteiger partial charge in [0, 0.05) is 17.8 Å². The van der Waals surface area contributed by atoms with Crippen LogP contribution in [-0.4, -0.2) is 80.7 Å². The highest BCUT2D eigenvalue weighted by Gasteiger charge is 2.35. The minimum atomic E-state index is -0.661. The first-order valence-corrected chi connectivity index (χ1v) is 15.0. The van der Waals surface area contributed by atoms with Crippen molar-refractivity contribution in [2.45, 2.75) is 50.6 Å². The maximum absolute atomic E-state index is 13.5. The second-order valence-corrected chi connectivity index (χ2v) is 12.5. The first kappa shape index (κ1) is 25.6. The smallest absolute Gasteiger partial charge is 0.313 e. The molecule has 0 bridgehead atoms. The van der Waals surface area contributed by atoms with Crippen molar-refractivity contribution in [3.63, 3.8) is 0 Å². The van der Waals surface area contributed by atoms with Crippen LogP contribution in [0.2, 0.25) is 0 Å². The lowest BCUT2D eigenvalue weighted by molar-refractivity contribution is -0.146. The second-order valence-electron chi connectivity index (χ2n) is 11.4. The number of carbonyl (C=O) groups excluding carboxylic acids is 2. The number of fused-ring (bicyclic) bond motifs is 2. The number of piperidine rings is 2. The van der Waals surface area contributed by atoms with Gasteiger partial charge in [-0.2, -0.15) is 5.10 Å². The third-order valence-electron chi connectivity index (χ3n) is 8.72. The molecule has 6 heterocycles. The Morgan fingerprint density at radius 1 is 1.10 bits per heavy atom. The molecular formula is C29H33N7O3S. The van der Waals surface area contributed by atoms with Gasteiger partial charge in [-0.25, -0.2) is 4.98 Å². The number of likely N-dealkylation sites (tertiary alicyclic amines) is 2. The number of rotatable bonds is 4. The Morgan fingerprint density at radius 3 is 2.75 bits per heavy atom. The van der Waals surface area contributed by atoms with Crippen molar-refractivity contribution in [2.24, 2.45) is 5.92 Å². The fourth-order valence-corrected chi connectivity index (χ4v) is 7.40. The molecule has 2 amide bonds. The molecule has 3 saturated heterocycles. The number of thiazole rings is 1. The van der Waals surface area contributed by atoms with Crippen molar-refractivity contribution in [2.75, 3.05) is 38.2 Å². The van der Waals surface area contributed by atoms with Gasteiger partial charge in [0.05, 0.1) is 70.3 Å². The fourth-order valence-electron chi connectivity index (χ4n) is 6.28. The van der Waals surface area contributed by atoms with Crippen molar-refractivity contribution in [1.82, 2.24) is 30.0 Å². The molecule has 3 aromatic heterocycles. The van der Waals surface area contributed by atoms with Gasteiger partial charge < -0.3 is 15.0 Å². The number of H-pyrrole nitrogens is 1. The van der Waals surface area contributed by atoms with Gasteiger partial charge >= 0.3 is 11.8 Å². The number of pyridine rings is 1. The molecular weight excluding hydrogens is 526 g/mol. The summed E-state index contributed by atoms with van der Waals surface area (Å²) in [4.78, 5) is 40.2. The lowest BCUT2D eigenvalue weighted by atomic mass is 9.89. The summed E-state index contributed by atoms with van der Waals surface area (Å²) in [6.07, 6.45) is 8.86. The fraction of sp³-hybridized carbons (Fsp3) is 0.483. The van der Waals surface area contributed by atoms with Gasteiger partial charge in [-0.15, -0.1) is 11.3 Å². The lowest BCUT2D eigenvalue weighted by Gasteiger charge is -2.41. The third kappa shape index (κ3) is 4.76. The molecule has 0 unspecified atom stereocenters. The number of hydrogen-bond donors (Lipinski definition) is 2. The highest BCUT2D eigenvalue weighted by atomic mass is 32.1. The average Bonchev–Trinajstić information content (AvgIpc) is 3.59. The predicted molar refractivity (Wildman–Crippen MR) is 153 cm³/mol. The first-order chi connectivity index (χ1) is 19.5. The molecule has 0 aliphatic carbocycles. The predicted octanol–water partition coefficient (Wildman–Crippen LogP) is 4.08. The Hall–Kier alpha value is -3.41. The number of amides is 2. The molecule has 0 spiro atoms. The molecule has 3 fully saturated rings. The molecule has 0 radical (unpaired) electrons. The Morgan fingerprint density at radius 2 is 1.95 bits per heavy atom. The van der Waals surface area contributed by atoms with Gasteiger partial charge in [-0.05, 0) is 62.4 Å². The molecule has 7 rings (SSSR count). The Labute approximate surface area is 236 Å². The van der Waals surface area contributed by atoms with Crippen LogP contribution in [0.15, 0.2) is 36.8 Å². The molecule has 208 valence electrons. The summed E-state index contributed by atoms with van der Waals surface area (Å²) in [6.45, 7) is 6.61. The number of nitrogens with zero attached hydrogens (tertiary/aromatic N) is 5. The van der Waals surface area contributed by atoms with E-state index in [1.165, 1.54) is 9.71 Å². The lowest BCUT2D eigenvalue weighted by Crippen LogP contribution is -2.51. The first-order valence-electron chi connectivity index (χ1n) is 14.1. The van der Waals surface area contributed by atoms with Crippen molar-refractivity contribution < 1.29 is 14.3 Å². The Balaban J connectivity index is 1.09. The SMILES string of the molecule is C[C@H]1CC[C@H](c2ccc3sc(C4CCN(C5COC5)CC4)nc3c2)N(C(=O)C(=O)Nc2cncc3[nH]ncc23)C1. The number of nitrogens with one attached hydrogen (secondary N) is 2. The van der Waals surface area contributed by atoms with Crippen LogP contribution in [-0.2, 0) is 14.3 Å². The molecule has 3 aliphatic rings. The molecule has 1 aromatic carbocycles. The molecule has 10 nitrogen and oxygen atoms in total. The van der Waals surface area contributed by atoms with Gasteiger partial charge in [0.1, 0.15) is 0 Å². The molecule has 40 heavy (non-hydrogen) atoms. The molecule has 4 aromatic rings. The summed E-state index contributed by atoms with van der Waals surface area (Å²) in [7, 11) is 0. The highest BCUT2D eigenvalue weighted by molar-refractivity contribution is 7.18. The molecule has 2 atom stereocenters. The molecule has 11 heteroatoms. The minimum absolute atomic E-state index is 0.167. The number of hydrogen-bond acceptors (Lipinski definition) is 8. The van der Waals surface area contributed by atoms with Gasteiger partial charge in [-0.1, -0.05) is 13.0 Å². The zero-order chi connectivity index (χ0) is 27.2. The molecule has 2 N–H and O–H groups in total. The van der Waals surface area contributed by atoms with E-state index in [1.54, 1.807) is 34.8 Å². The van der Waals surface area contributed by atoms with E-state index in [-0.39, 0.29) is 6.04 Å². The van der Waals surface area contributed by atoms with Crippen molar-refractivity contribution >= 4 is 50.0 Å². The molecule has 3 aliphatic heterocycles. The van der Waals surface area contributed by atoms with Crippen LogP contribution in [0.3, 0.4) is 0 Å². The topological polar surface area (TPSA) is 116 Å². The summed E-state index contributed by atoms with van der Waals surface area (Å²) >= 11 is 1.79. The number of benzene rings is 1. The average molecular weight is 560 g/mol. The van der Waals surface area contributed by atoms with E-state index in [0.29, 0.717) is 41.0 Å². The van der Waals surface area contributed by atoms with Gasteiger partial charge in [0.15, 0.2) is 0 Å². The van der Waals surface area contributed by atoms with Gasteiger partial charge in [0.25, 0.3) is 0 Å². The standard InChI is InChI=1S/C29H33N7O3S/c1-17-2-4-25(36(14-17)29(38)27(37)32-23-12-30-13-24-21(23)11-31-34-24)19-3-5-26-22(10-19)33-28(40-26)18-6-8-35(9-7-18)20-15-39-16-20/h3,5,10-13,17-18,20,25H,2,4,6-9,14-16H2,1H3,(H,31,34)(H,32,37)/t17-,25+/m0/s1. The zero-order valence-electron chi connectivity index (χ0n) is 22.5. The number of anilines is 1. The van der Waals surface area contributed by atoms with E-state index < -0.39 is 11.8 Å². The largest absolute Gasteiger partial charge is 0.378 e. The van der Waals surface area contributed by atoms with Crippen molar-refractivity contribution in [3.8, 4) is 0 Å². The van der Waals surface area contributed by atoms with Crippen LogP contribution >= 0.6 is 11.3 Å². The summed E-state index contributed by atoms with van der Waals surface area (Å²) in [6, 6.07) is 6.81. The second kappa shape index (κ2) is 10.5. The van der Waals surface area contributed by atoms with Crippen LogP contribution in [0.4, 0.5) is 5.69 Å². The van der Waals surface area contributed by atoms with Crippen molar-refractivity contribution in [3.05, 3.63) is 47.4 Å². The zero-order valence-corrected chi connectivity index (χ0v) is 23.3. The summed E-state index contributed by atoms with van der Waals surface area (Å²) in [5, 5.41) is 11.5. The van der Waals surface area contributed by atoms with Crippen LogP contribution < -0.4 is 5.32 Å². The van der Waals surface area contributed by atoms with Crippen LogP contribution in [0, 0.1) is 5.92 Å². The summed E-state index contributed by atoms with van der Waals surface area (Å²) < 4.78 is 6.55. The quantitative estimate of drug-likeness (QED) is 0.362. The van der Waals surface area contributed by atoms with E-state index in [2.05, 4.69) is 50.5 Å². The van der Waals surface area contributed by atoms with Gasteiger partial charge in [0.2, 0.25) is 0 Å². The van der Waals surface area contributed by atoms with E-state index in [9.17, 15) is 9.59 Å². The van der Waals surface area contributed by atoms with Crippen LogP contribution in [0.5, 0.6) is 0 Å². The monoisotopic (exact) mass is 559 g/mol. The Kier molecular flexibility index (Phi) is 6.73. The number of carbonyl (C=O) groups is 2. The summed E-state index contributed by atoms with van der Waals surface area (Å²) in [5.74, 6) is -0.380. The normalized spacial score (nSPS) is 23.0.